The third-order valence-electron chi connectivity index (χ3n) is 4.99. The molecule has 0 N–H and O–H groups in total. The molecule has 2 fully saturated rings. The topological polar surface area (TPSA) is 98.7 Å². The minimum atomic E-state index is -0.432. The van der Waals surface area contributed by atoms with Crippen LogP contribution in [0.2, 0.25) is 0 Å². The molecule has 2 aromatic rings. The second kappa shape index (κ2) is 8.15. The molecule has 4 heterocycles. The maximum Gasteiger partial charge on any atom is 0.312 e. The number of aromatic nitrogens is 4. The molecule has 0 spiro atoms. The second-order valence-corrected chi connectivity index (χ2v) is 6.66. The minimum Gasteiger partial charge on any atom is -0.337 e. The molecule has 146 valence electrons. The van der Waals surface area contributed by atoms with Crippen LogP contribution >= 0.6 is 0 Å². The monoisotopic (exact) mass is 382 g/mol. The molecule has 0 aliphatic carbocycles. The summed E-state index contributed by atoms with van der Waals surface area (Å²) in [4.78, 5) is 49.5. The van der Waals surface area contributed by atoms with Gasteiger partial charge in [0.2, 0.25) is 11.9 Å². The Bertz CT molecular complexity index is 733. The fraction of sp³-hybridized carbons (Fsp3) is 0.444. The molecule has 0 unspecified atom stereocenters. The third kappa shape index (κ3) is 3.85. The number of anilines is 2. The molecule has 2 saturated heterocycles. The van der Waals surface area contributed by atoms with Gasteiger partial charge in [-0.15, -0.1) is 0 Å². The summed E-state index contributed by atoms with van der Waals surface area (Å²) >= 11 is 0. The van der Waals surface area contributed by atoms with Gasteiger partial charge in [0, 0.05) is 77.1 Å². The van der Waals surface area contributed by atoms with Crippen LogP contribution < -0.4 is 9.80 Å². The zero-order chi connectivity index (χ0) is 19.3. The molecule has 28 heavy (non-hydrogen) atoms. The van der Waals surface area contributed by atoms with Gasteiger partial charge in [-0.1, -0.05) is 0 Å². The van der Waals surface area contributed by atoms with Crippen molar-refractivity contribution in [2.45, 2.75) is 0 Å². The van der Waals surface area contributed by atoms with Crippen LogP contribution in [0.25, 0.3) is 0 Å². The second-order valence-electron chi connectivity index (χ2n) is 6.66. The number of hydrogen-bond acceptors (Lipinski definition) is 8. The van der Waals surface area contributed by atoms with E-state index in [9.17, 15) is 9.59 Å². The molecule has 0 radical (unpaired) electrons. The number of piperazine rings is 2. The molecule has 0 atom stereocenters. The molecule has 4 rings (SSSR count). The zero-order valence-corrected chi connectivity index (χ0v) is 15.5. The fourth-order valence-corrected chi connectivity index (χ4v) is 3.40. The highest BCUT2D eigenvalue weighted by Gasteiger charge is 2.32. The van der Waals surface area contributed by atoms with Gasteiger partial charge in [0.05, 0.1) is 0 Å². The van der Waals surface area contributed by atoms with Crippen molar-refractivity contribution in [3.8, 4) is 0 Å². The number of rotatable bonds is 2. The summed E-state index contributed by atoms with van der Waals surface area (Å²) in [5.41, 5.74) is 0. The lowest BCUT2D eigenvalue weighted by atomic mass is 10.2. The fourth-order valence-electron chi connectivity index (χ4n) is 3.40. The first-order chi connectivity index (χ1) is 13.7. The molecule has 10 heteroatoms. The van der Waals surface area contributed by atoms with E-state index in [1.54, 1.807) is 46.7 Å². The van der Waals surface area contributed by atoms with Crippen LogP contribution in [0.1, 0.15) is 0 Å². The van der Waals surface area contributed by atoms with E-state index in [0.717, 1.165) is 0 Å². The van der Waals surface area contributed by atoms with Crippen LogP contribution in [0, 0.1) is 0 Å². The first-order valence-corrected chi connectivity index (χ1v) is 9.34. The Morgan fingerprint density at radius 2 is 0.893 bits per heavy atom. The first kappa shape index (κ1) is 18.1. The van der Waals surface area contributed by atoms with Crippen LogP contribution in [0.3, 0.4) is 0 Å². The first-order valence-electron chi connectivity index (χ1n) is 9.34. The van der Waals surface area contributed by atoms with Crippen molar-refractivity contribution >= 4 is 23.7 Å². The SMILES string of the molecule is O=C(C(=O)N1CCN(c2ncccn2)CC1)N1CCN(c2ncccn2)CC1. The van der Waals surface area contributed by atoms with Crippen LogP contribution in [-0.4, -0.2) is 93.9 Å². The van der Waals surface area contributed by atoms with E-state index >= 15 is 0 Å². The Morgan fingerprint density at radius 1 is 0.571 bits per heavy atom. The van der Waals surface area contributed by atoms with Crippen molar-refractivity contribution in [3.63, 3.8) is 0 Å². The summed E-state index contributed by atoms with van der Waals surface area (Å²) in [6, 6.07) is 3.54. The van der Waals surface area contributed by atoms with E-state index in [2.05, 4.69) is 19.9 Å². The van der Waals surface area contributed by atoms with Gasteiger partial charge >= 0.3 is 11.8 Å². The summed E-state index contributed by atoms with van der Waals surface area (Å²) in [7, 11) is 0. The predicted octanol–water partition coefficient (Wildman–Crippen LogP) is -0.736. The van der Waals surface area contributed by atoms with E-state index in [-0.39, 0.29) is 0 Å². The van der Waals surface area contributed by atoms with Gasteiger partial charge in [-0.3, -0.25) is 9.59 Å². The lowest BCUT2D eigenvalue weighted by molar-refractivity contribution is -0.152. The number of hydrogen-bond donors (Lipinski definition) is 0. The zero-order valence-electron chi connectivity index (χ0n) is 15.5. The highest BCUT2D eigenvalue weighted by Crippen LogP contribution is 2.13. The standard InChI is InChI=1S/C18H22N8O2/c27-15(23-7-11-25(12-8-23)17-19-3-1-4-20-17)16(28)24-9-13-26(14-10-24)18-21-5-2-6-22-18/h1-6H,7-14H2. The molecule has 0 aromatic carbocycles. The van der Waals surface area contributed by atoms with Gasteiger partial charge in [-0.2, -0.15) is 0 Å². The summed E-state index contributed by atoms with van der Waals surface area (Å²) in [6.45, 7) is 4.40. The van der Waals surface area contributed by atoms with E-state index in [1.165, 1.54) is 0 Å². The molecular formula is C18H22N8O2. The van der Waals surface area contributed by atoms with Crippen LogP contribution in [0.4, 0.5) is 11.9 Å². The summed E-state index contributed by atoms with van der Waals surface area (Å²) < 4.78 is 0. The van der Waals surface area contributed by atoms with E-state index in [4.69, 9.17) is 0 Å². The number of nitrogens with zero attached hydrogens (tertiary/aromatic N) is 8. The highest BCUT2D eigenvalue weighted by molar-refractivity contribution is 6.35. The van der Waals surface area contributed by atoms with Gasteiger partial charge in [0.15, 0.2) is 0 Å². The summed E-state index contributed by atoms with van der Waals surface area (Å²) in [6.07, 6.45) is 6.79. The molecular weight excluding hydrogens is 360 g/mol. The van der Waals surface area contributed by atoms with Crippen LogP contribution in [0.5, 0.6) is 0 Å². The maximum atomic E-state index is 12.6. The van der Waals surface area contributed by atoms with Gasteiger partial charge < -0.3 is 19.6 Å². The Kier molecular flexibility index (Phi) is 5.27. The highest BCUT2D eigenvalue weighted by atomic mass is 16.2. The lowest BCUT2D eigenvalue weighted by Gasteiger charge is -2.37. The van der Waals surface area contributed by atoms with Crippen molar-refractivity contribution < 1.29 is 9.59 Å². The predicted molar refractivity (Wildman–Crippen MR) is 102 cm³/mol. The van der Waals surface area contributed by atoms with E-state index in [1.807, 2.05) is 9.80 Å². The normalized spacial score (nSPS) is 17.6. The van der Waals surface area contributed by atoms with Gasteiger partial charge in [-0.05, 0) is 12.1 Å². The van der Waals surface area contributed by atoms with Crippen molar-refractivity contribution in [3.05, 3.63) is 36.9 Å². The van der Waals surface area contributed by atoms with Crippen LogP contribution in [-0.2, 0) is 9.59 Å². The van der Waals surface area contributed by atoms with Crippen molar-refractivity contribution in [2.75, 3.05) is 62.2 Å². The molecule has 2 aliphatic heterocycles. The maximum absolute atomic E-state index is 12.6. The largest absolute Gasteiger partial charge is 0.337 e. The molecule has 0 saturated carbocycles. The Labute approximate surface area is 162 Å². The van der Waals surface area contributed by atoms with Crippen molar-refractivity contribution in [2.24, 2.45) is 0 Å². The smallest absolute Gasteiger partial charge is 0.312 e. The summed E-state index contributed by atoms with van der Waals surface area (Å²) in [5.74, 6) is 0.441. The van der Waals surface area contributed by atoms with Crippen LogP contribution in [0.15, 0.2) is 36.9 Å². The Hall–Kier alpha value is -3.30. The van der Waals surface area contributed by atoms with Crippen molar-refractivity contribution in [1.29, 1.82) is 0 Å². The average molecular weight is 382 g/mol. The Morgan fingerprint density at radius 3 is 1.21 bits per heavy atom. The summed E-state index contributed by atoms with van der Waals surface area (Å²) in [5, 5.41) is 0. The molecule has 10 nitrogen and oxygen atoms in total. The van der Waals surface area contributed by atoms with Gasteiger partial charge in [-0.25, -0.2) is 19.9 Å². The molecule has 2 aromatic heterocycles. The third-order valence-corrected chi connectivity index (χ3v) is 4.99. The number of carbonyl (C=O) groups excluding carboxylic acids is 2. The molecule has 2 aliphatic rings. The van der Waals surface area contributed by atoms with Gasteiger partial charge in [0.25, 0.3) is 0 Å². The van der Waals surface area contributed by atoms with Crippen molar-refractivity contribution in [1.82, 2.24) is 29.7 Å². The average Bonchev–Trinajstić information content (AvgIpc) is 2.79. The lowest BCUT2D eigenvalue weighted by Crippen LogP contribution is -2.56. The van der Waals surface area contributed by atoms with E-state index < -0.39 is 11.8 Å². The van der Waals surface area contributed by atoms with E-state index in [0.29, 0.717) is 64.3 Å². The molecule has 0 bridgehead atoms. The Balaban J connectivity index is 1.28. The van der Waals surface area contributed by atoms with Gasteiger partial charge in [0.1, 0.15) is 0 Å². The quantitative estimate of drug-likeness (QED) is 0.627. The molecule has 2 amide bonds. The number of carbonyl (C=O) groups is 2. The number of amides is 2. The minimum absolute atomic E-state index is 0.432.